The van der Waals surface area contributed by atoms with Gasteiger partial charge in [0.05, 0.1) is 29.0 Å². The van der Waals surface area contributed by atoms with Crippen molar-refractivity contribution in [3.05, 3.63) is 161 Å². The number of nitrogens with zero attached hydrogens (tertiary/aromatic N) is 3. The van der Waals surface area contributed by atoms with E-state index in [0.29, 0.717) is 38.6 Å². The van der Waals surface area contributed by atoms with Crippen molar-refractivity contribution < 1.29 is 9.53 Å². The van der Waals surface area contributed by atoms with Gasteiger partial charge in [0.15, 0.2) is 4.80 Å². The van der Waals surface area contributed by atoms with Crippen molar-refractivity contribution in [2.75, 3.05) is 12.4 Å². The highest BCUT2D eigenvalue weighted by atomic mass is 79.9. The predicted octanol–water partition coefficient (Wildman–Crippen LogP) is 6.65. The Balaban J connectivity index is 1.35. The maximum atomic E-state index is 14.3. The summed E-state index contributed by atoms with van der Waals surface area (Å²) < 4.78 is 10.8. The van der Waals surface area contributed by atoms with Crippen LogP contribution in [0.5, 0.6) is 5.75 Å². The van der Waals surface area contributed by atoms with E-state index in [9.17, 15) is 9.59 Å². The fraction of sp³-hybridized carbons (Fsp3) is 0.108. The summed E-state index contributed by atoms with van der Waals surface area (Å²) in [6, 6.07) is 32.6. The van der Waals surface area contributed by atoms with Gasteiger partial charge in [0, 0.05) is 39.4 Å². The minimum Gasteiger partial charge on any atom is -0.497 e. The molecule has 46 heavy (non-hydrogen) atoms. The number of hydrogen-bond donors (Lipinski definition) is 1. The van der Waals surface area contributed by atoms with Gasteiger partial charge in [0.1, 0.15) is 5.75 Å². The molecule has 1 N–H and O–H groups in total. The molecule has 1 amide bonds. The van der Waals surface area contributed by atoms with E-state index in [1.165, 1.54) is 16.9 Å². The number of thiazole rings is 1. The number of hydrogen-bond acceptors (Lipinski definition) is 5. The molecular formula is C37H29BrN4O3S. The Labute approximate surface area is 277 Å². The second kappa shape index (κ2) is 12.4. The van der Waals surface area contributed by atoms with E-state index in [1.807, 2.05) is 91.9 Å². The minimum absolute atomic E-state index is 0.202. The highest BCUT2D eigenvalue weighted by Crippen LogP contribution is 2.32. The van der Waals surface area contributed by atoms with Crippen LogP contribution in [0.2, 0.25) is 0 Å². The number of anilines is 1. The molecule has 2 aromatic heterocycles. The lowest BCUT2D eigenvalue weighted by molar-refractivity contribution is -0.113. The fourth-order valence-electron chi connectivity index (χ4n) is 5.88. The molecule has 6 aromatic rings. The van der Waals surface area contributed by atoms with Gasteiger partial charge in [0.25, 0.3) is 11.5 Å². The van der Waals surface area contributed by atoms with Crippen molar-refractivity contribution in [1.82, 2.24) is 9.13 Å². The molecule has 1 aliphatic heterocycles. The van der Waals surface area contributed by atoms with E-state index in [4.69, 9.17) is 9.73 Å². The average molecular weight is 690 g/mol. The van der Waals surface area contributed by atoms with E-state index in [-0.39, 0.29) is 11.5 Å². The van der Waals surface area contributed by atoms with Crippen LogP contribution in [0.25, 0.3) is 17.0 Å². The molecule has 4 aromatic carbocycles. The molecule has 228 valence electrons. The van der Waals surface area contributed by atoms with E-state index in [0.717, 1.165) is 26.5 Å². The summed E-state index contributed by atoms with van der Waals surface area (Å²) in [7, 11) is 1.61. The molecule has 0 fully saturated rings. The third-order valence-corrected chi connectivity index (χ3v) is 9.61. The quantitative estimate of drug-likeness (QED) is 0.204. The van der Waals surface area contributed by atoms with Gasteiger partial charge in [-0.15, -0.1) is 0 Å². The molecule has 0 spiro atoms. The number of amides is 1. The molecule has 0 radical (unpaired) electrons. The van der Waals surface area contributed by atoms with E-state index >= 15 is 0 Å². The normalized spacial score (nSPS) is 14.7. The van der Waals surface area contributed by atoms with Crippen LogP contribution < -0.4 is 24.9 Å². The summed E-state index contributed by atoms with van der Waals surface area (Å²) in [6.07, 6.45) is 4.04. The van der Waals surface area contributed by atoms with Gasteiger partial charge in [-0.1, -0.05) is 87.9 Å². The van der Waals surface area contributed by atoms with E-state index in [1.54, 1.807) is 11.7 Å². The van der Waals surface area contributed by atoms with Gasteiger partial charge >= 0.3 is 0 Å². The summed E-state index contributed by atoms with van der Waals surface area (Å²) in [4.78, 5) is 33.5. The van der Waals surface area contributed by atoms with Gasteiger partial charge < -0.3 is 14.6 Å². The van der Waals surface area contributed by atoms with Gasteiger partial charge in [-0.2, -0.15) is 0 Å². The third-order valence-electron chi connectivity index (χ3n) is 8.10. The number of halogens is 1. The Bertz CT molecular complexity index is 2300. The molecule has 7 nitrogen and oxygen atoms in total. The second-order valence-electron chi connectivity index (χ2n) is 11.0. The summed E-state index contributed by atoms with van der Waals surface area (Å²) in [5, 5.41) is 4.05. The second-order valence-corrected chi connectivity index (χ2v) is 13.0. The highest BCUT2D eigenvalue weighted by Gasteiger charge is 2.32. The largest absolute Gasteiger partial charge is 0.497 e. The lowest BCUT2D eigenvalue weighted by Crippen LogP contribution is -2.40. The van der Waals surface area contributed by atoms with Gasteiger partial charge in [-0.3, -0.25) is 14.2 Å². The first-order chi connectivity index (χ1) is 22.4. The van der Waals surface area contributed by atoms with Crippen molar-refractivity contribution in [3.8, 4) is 5.75 Å². The number of benzene rings is 4. The van der Waals surface area contributed by atoms with Crippen molar-refractivity contribution >= 4 is 55.8 Å². The monoisotopic (exact) mass is 688 g/mol. The Morgan fingerprint density at radius 2 is 1.70 bits per heavy atom. The molecule has 9 heteroatoms. The first kappa shape index (κ1) is 29.7. The zero-order chi connectivity index (χ0) is 31.8. The van der Waals surface area contributed by atoms with Crippen LogP contribution in [-0.2, 0) is 11.3 Å². The Kier molecular flexibility index (Phi) is 8.02. The maximum absolute atomic E-state index is 14.3. The topological polar surface area (TPSA) is 77.6 Å². The zero-order valence-corrected chi connectivity index (χ0v) is 27.5. The van der Waals surface area contributed by atoms with Crippen LogP contribution in [0.4, 0.5) is 5.69 Å². The van der Waals surface area contributed by atoms with Crippen molar-refractivity contribution in [1.29, 1.82) is 0 Å². The number of carbonyl (C=O) groups is 1. The standard InChI is InChI=1S/C37H29BrN4O3S/c1-23-33(35(43)40-28-8-4-3-5-9-28)34(25-14-18-29(45-2)19-15-25)42-36(44)32(46-37(42)39-23)20-26-22-41(31-11-7-6-10-30(26)31)21-24-12-16-27(38)17-13-24/h3-20,22,34H,21H2,1-2H3,(H,40,43)/b32-20+/t34-/m0/s1. The SMILES string of the molecule is COc1ccc([C@H]2C(C(=O)Nc3ccccc3)=C(C)N=c3s/c(=C/c4cn(Cc5ccc(Br)cc5)c5ccccc45)c(=O)n32)cc1. The van der Waals surface area contributed by atoms with Crippen LogP contribution in [0.15, 0.2) is 135 Å². The number of carbonyl (C=O) groups excluding carboxylic acids is 1. The van der Waals surface area contributed by atoms with Crippen LogP contribution in [0.3, 0.4) is 0 Å². The summed E-state index contributed by atoms with van der Waals surface area (Å²) in [6.45, 7) is 2.52. The molecule has 0 aliphatic carbocycles. The Morgan fingerprint density at radius 3 is 2.43 bits per heavy atom. The van der Waals surface area contributed by atoms with E-state index < -0.39 is 6.04 Å². The predicted molar refractivity (Wildman–Crippen MR) is 187 cm³/mol. The lowest BCUT2D eigenvalue weighted by Gasteiger charge is -2.25. The third kappa shape index (κ3) is 5.63. The van der Waals surface area contributed by atoms with Crippen LogP contribution in [-0.4, -0.2) is 22.2 Å². The Morgan fingerprint density at radius 1 is 0.978 bits per heavy atom. The first-order valence-electron chi connectivity index (χ1n) is 14.7. The number of allylic oxidation sites excluding steroid dienone is 1. The van der Waals surface area contributed by atoms with Crippen molar-refractivity contribution in [2.24, 2.45) is 4.99 Å². The van der Waals surface area contributed by atoms with Crippen LogP contribution in [0, 0.1) is 0 Å². The number of nitrogens with one attached hydrogen (secondary N) is 1. The lowest BCUT2D eigenvalue weighted by atomic mass is 9.95. The summed E-state index contributed by atoms with van der Waals surface area (Å²) >= 11 is 4.85. The molecule has 0 saturated carbocycles. The molecule has 1 aliphatic rings. The molecule has 0 bridgehead atoms. The number of methoxy groups -OCH3 is 1. The number of fused-ring (bicyclic) bond motifs is 2. The van der Waals surface area contributed by atoms with Crippen molar-refractivity contribution in [3.63, 3.8) is 0 Å². The number of para-hydroxylation sites is 2. The molecule has 0 saturated heterocycles. The van der Waals surface area contributed by atoms with E-state index in [2.05, 4.69) is 56.3 Å². The van der Waals surface area contributed by atoms with Crippen molar-refractivity contribution in [2.45, 2.75) is 19.5 Å². The van der Waals surface area contributed by atoms with Crippen LogP contribution >= 0.6 is 27.3 Å². The zero-order valence-electron chi connectivity index (χ0n) is 25.1. The number of aromatic nitrogens is 2. The maximum Gasteiger partial charge on any atom is 0.271 e. The molecular weight excluding hydrogens is 660 g/mol. The average Bonchev–Trinajstić information content (AvgIpc) is 3.57. The van der Waals surface area contributed by atoms with Gasteiger partial charge in [-0.05, 0) is 66.6 Å². The summed E-state index contributed by atoms with van der Waals surface area (Å²) in [5.41, 5.74) is 5.42. The molecule has 7 rings (SSSR count). The fourth-order valence-corrected chi connectivity index (χ4v) is 7.18. The number of rotatable bonds is 7. The van der Waals surface area contributed by atoms with Crippen LogP contribution in [0.1, 0.15) is 29.7 Å². The molecule has 3 heterocycles. The molecule has 0 unspecified atom stereocenters. The minimum atomic E-state index is -0.674. The molecule has 1 atom stereocenters. The van der Waals surface area contributed by atoms with Gasteiger partial charge in [-0.25, -0.2) is 4.99 Å². The first-order valence-corrected chi connectivity index (χ1v) is 16.4. The highest BCUT2D eigenvalue weighted by molar-refractivity contribution is 9.10. The Hall–Kier alpha value is -4.99. The smallest absolute Gasteiger partial charge is 0.271 e. The van der Waals surface area contributed by atoms with Gasteiger partial charge in [0.2, 0.25) is 0 Å². The number of ether oxygens (including phenoxy) is 1. The summed E-state index contributed by atoms with van der Waals surface area (Å²) in [5.74, 6) is 0.380.